The Hall–Kier alpha value is -1.36. The lowest BCUT2D eigenvalue weighted by molar-refractivity contribution is -0.125. The van der Waals surface area contributed by atoms with Gasteiger partial charge in [-0.1, -0.05) is 0 Å². The van der Waals surface area contributed by atoms with Crippen LogP contribution in [0.15, 0.2) is 12.5 Å². The maximum absolute atomic E-state index is 11.9. The van der Waals surface area contributed by atoms with E-state index in [1.807, 2.05) is 0 Å². The second-order valence-electron chi connectivity index (χ2n) is 4.50. The zero-order valence-electron chi connectivity index (χ0n) is 10.0. The third kappa shape index (κ3) is 3.85. The van der Waals surface area contributed by atoms with Gasteiger partial charge in [0.1, 0.15) is 0 Å². The van der Waals surface area contributed by atoms with Gasteiger partial charge in [0.25, 0.3) is 0 Å². The molecule has 0 bridgehead atoms. The summed E-state index contributed by atoms with van der Waals surface area (Å²) in [7, 11) is 0. The van der Waals surface area contributed by atoms with Crippen LogP contribution in [0, 0.1) is 5.92 Å². The van der Waals surface area contributed by atoms with Gasteiger partial charge in [-0.15, -0.1) is 0 Å². The highest BCUT2D eigenvalue weighted by Gasteiger charge is 2.19. The smallest absolute Gasteiger partial charge is 0.223 e. The largest absolute Gasteiger partial charge is 0.355 e. The first-order valence-corrected chi connectivity index (χ1v) is 6.32. The fourth-order valence-electron chi connectivity index (χ4n) is 2.17. The van der Waals surface area contributed by atoms with Crippen LogP contribution in [0.1, 0.15) is 25.0 Å². The number of H-pyrrole nitrogens is 1. The van der Waals surface area contributed by atoms with E-state index in [2.05, 4.69) is 20.6 Å². The minimum absolute atomic E-state index is 0.187. The first-order chi connectivity index (χ1) is 8.36. The summed E-state index contributed by atoms with van der Waals surface area (Å²) < 4.78 is 0. The molecule has 1 aromatic heterocycles. The van der Waals surface area contributed by atoms with Crippen LogP contribution in [0.5, 0.6) is 0 Å². The molecule has 5 heteroatoms. The summed E-state index contributed by atoms with van der Waals surface area (Å²) in [5.74, 6) is 0.389. The van der Waals surface area contributed by atoms with Crippen molar-refractivity contribution >= 4 is 5.91 Å². The maximum atomic E-state index is 11.9. The van der Waals surface area contributed by atoms with E-state index in [1.54, 1.807) is 12.5 Å². The molecular formula is C12H20N4O. The Morgan fingerprint density at radius 3 is 3.24 bits per heavy atom. The molecule has 94 valence electrons. The molecule has 1 aliphatic heterocycles. The standard InChI is InChI=1S/C12H20N4O/c17-12(10-2-1-5-13-6-3-10)15-7-4-11-8-14-9-16-11/h8-10,13H,1-7H2,(H,14,16)(H,15,17). The minimum Gasteiger partial charge on any atom is -0.355 e. The Kier molecular flexibility index (Phi) is 4.55. The van der Waals surface area contributed by atoms with Crippen molar-refractivity contribution in [2.24, 2.45) is 5.92 Å². The fourth-order valence-corrected chi connectivity index (χ4v) is 2.17. The van der Waals surface area contributed by atoms with Crippen molar-refractivity contribution in [1.29, 1.82) is 0 Å². The number of nitrogens with one attached hydrogen (secondary N) is 3. The molecule has 3 N–H and O–H groups in total. The van der Waals surface area contributed by atoms with Crippen molar-refractivity contribution in [3.63, 3.8) is 0 Å². The van der Waals surface area contributed by atoms with E-state index >= 15 is 0 Å². The van der Waals surface area contributed by atoms with Gasteiger partial charge in [-0.3, -0.25) is 4.79 Å². The van der Waals surface area contributed by atoms with Gasteiger partial charge in [0.15, 0.2) is 0 Å². The van der Waals surface area contributed by atoms with Crippen LogP contribution >= 0.6 is 0 Å². The normalized spacial score (nSPS) is 20.8. The average Bonchev–Trinajstić information content (AvgIpc) is 2.69. The van der Waals surface area contributed by atoms with Gasteiger partial charge in [0.2, 0.25) is 5.91 Å². The van der Waals surface area contributed by atoms with Gasteiger partial charge in [-0.2, -0.15) is 0 Å². The molecule has 0 aliphatic carbocycles. The molecule has 5 nitrogen and oxygen atoms in total. The second-order valence-corrected chi connectivity index (χ2v) is 4.50. The molecule has 1 saturated heterocycles. The van der Waals surface area contributed by atoms with E-state index in [0.29, 0.717) is 6.54 Å². The molecule has 0 aromatic carbocycles. The van der Waals surface area contributed by atoms with Crippen LogP contribution in [0.4, 0.5) is 0 Å². The molecule has 1 aromatic rings. The Balaban J connectivity index is 1.69. The van der Waals surface area contributed by atoms with E-state index in [-0.39, 0.29) is 11.8 Å². The maximum Gasteiger partial charge on any atom is 0.223 e. The molecule has 0 spiro atoms. The molecule has 1 aliphatic rings. The van der Waals surface area contributed by atoms with E-state index in [4.69, 9.17) is 0 Å². The van der Waals surface area contributed by atoms with Gasteiger partial charge in [0.05, 0.1) is 6.33 Å². The summed E-state index contributed by atoms with van der Waals surface area (Å²) in [6, 6.07) is 0. The zero-order valence-corrected chi connectivity index (χ0v) is 10.0. The van der Waals surface area contributed by atoms with E-state index in [1.165, 1.54) is 0 Å². The highest BCUT2D eigenvalue weighted by molar-refractivity contribution is 5.78. The lowest BCUT2D eigenvalue weighted by Crippen LogP contribution is -2.32. The Labute approximate surface area is 101 Å². The third-order valence-corrected chi connectivity index (χ3v) is 3.19. The monoisotopic (exact) mass is 236 g/mol. The van der Waals surface area contributed by atoms with Crippen molar-refractivity contribution in [3.05, 3.63) is 18.2 Å². The quantitative estimate of drug-likeness (QED) is 0.711. The molecule has 1 amide bonds. The summed E-state index contributed by atoms with van der Waals surface area (Å²) in [4.78, 5) is 18.9. The minimum atomic E-state index is 0.187. The fraction of sp³-hybridized carbons (Fsp3) is 0.667. The third-order valence-electron chi connectivity index (χ3n) is 3.19. The molecule has 1 atom stereocenters. The van der Waals surface area contributed by atoms with Gasteiger partial charge >= 0.3 is 0 Å². The molecule has 1 fully saturated rings. The lowest BCUT2D eigenvalue weighted by atomic mass is 10.00. The number of nitrogens with zero attached hydrogens (tertiary/aromatic N) is 1. The highest BCUT2D eigenvalue weighted by Crippen LogP contribution is 2.13. The van der Waals surface area contributed by atoms with Gasteiger partial charge in [-0.25, -0.2) is 4.98 Å². The highest BCUT2D eigenvalue weighted by atomic mass is 16.1. The van der Waals surface area contributed by atoms with Crippen LogP contribution in [-0.4, -0.2) is 35.5 Å². The Morgan fingerprint density at radius 1 is 1.47 bits per heavy atom. The van der Waals surface area contributed by atoms with Gasteiger partial charge < -0.3 is 15.6 Å². The summed E-state index contributed by atoms with van der Waals surface area (Å²) in [5.41, 5.74) is 1.06. The molecule has 0 saturated carbocycles. The zero-order chi connectivity index (χ0) is 11.9. The number of amides is 1. The number of carbonyl (C=O) groups excluding carboxylic acids is 1. The predicted octanol–water partition coefficient (Wildman–Crippen LogP) is 0.458. The van der Waals surface area contributed by atoms with Crippen molar-refractivity contribution in [2.75, 3.05) is 19.6 Å². The van der Waals surface area contributed by atoms with E-state index in [0.717, 1.165) is 44.5 Å². The average molecular weight is 236 g/mol. The molecular weight excluding hydrogens is 216 g/mol. The number of aromatic nitrogens is 2. The number of imidazole rings is 1. The van der Waals surface area contributed by atoms with Gasteiger partial charge in [-0.05, 0) is 32.4 Å². The number of hydrogen-bond donors (Lipinski definition) is 3. The SMILES string of the molecule is O=C(NCCc1cnc[nH]1)C1CCCNCC1. The number of aromatic amines is 1. The van der Waals surface area contributed by atoms with Crippen LogP contribution in [0.3, 0.4) is 0 Å². The summed E-state index contributed by atoms with van der Waals surface area (Å²) >= 11 is 0. The molecule has 2 rings (SSSR count). The van der Waals surface area contributed by atoms with Crippen molar-refractivity contribution in [3.8, 4) is 0 Å². The number of carbonyl (C=O) groups is 1. The van der Waals surface area contributed by atoms with E-state index < -0.39 is 0 Å². The topological polar surface area (TPSA) is 69.8 Å². The lowest BCUT2D eigenvalue weighted by Gasteiger charge is -2.13. The summed E-state index contributed by atoms with van der Waals surface area (Å²) in [5, 5.41) is 6.32. The number of hydrogen-bond acceptors (Lipinski definition) is 3. The predicted molar refractivity (Wildman–Crippen MR) is 65.5 cm³/mol. The summed E-state index contributed by atoms with van der Waals surface area (Å²) in [6.07, 6.45) is 7.32. The van der Waals surface area contributed by atoms with Crippen LogP contribution < -0.4 is 10.6 Å². The molecule has 1 unspecified atom stereocenters. The van der Waals surface area contributed by atoms with Crippen LogP contribution in [0.25, 0.3) is 0 Å². The Bertz CT molecular complexity index is 328. The van der Waals surface area contributed by atoms with Crippen molar-refractivity contribution < 1.29 is 4.79 Å². The Morgan fingerprint density at radius 2 is 2.41 bits per heavy atom. The van der Waals surface area contributed by atoms with E-state index in [9.17, 15) is 4.79 Å². The molecule has 0 radical (unpaired) electrons. The first kappa shape index (κ1) is 12.1. The van der Waals surface area contributed by atoms with Crippen molar-refractivity contribution in [1.82, 2.24) is 20.6 Å². The first-order valence-electron chi connectivity index (χ1n) is 6.32. The number of rotatable bonds is 4. The van der Waals surface area contributed by atoms with Crippen LogP contribution in [0.2, 0.25) is 0 Å². The molecule has 17 heavy (non-hydrogen) atoms. The molecule has 2 heterocycles. The van der Waals surface area contributed by atoms with Crippen LogP contribution in [-0.2, 0) is 11.2 Å². The second kappa shape index (κ2) is 6.39. The van der Waals surface area contributed by atoms with Gasteiger partial charge in [0, 0.05) is 30.8 Å². The van der Waals surface area contributed by atoms with Crippen molar-refractivity contribution in [2.45, 2.75) is 25.7 Å². The summed E-state index contributed by atoms with van der Waals surface area (Å²) in [6.45, 7) is 2.68.